The number of nitrogens with two attached hydrogens (primary N) is 1. The Morgan fingerprint density at radius 2 is 1.80 bits per heavy atom. The van der Waals surface area contributed by atoms with Gasteiger partial charge in [0.2, 0.25) is 10.0 Å². The maximum absolute atomic E-state index is 12.2. The van der Waals surface area contributed by atoms with E-state index in [1.54, 1.807) is 43.3 Å². The second kappa shape index (κ2) is 5.83. The molecule has 0 radical (unpaired) electrons. The number of hydrogen-bond donors (Lipinski definition) is 2. The molecule has 2 aromatic rings. The molecule has 0 atom stereocenters. The number of halogens is 1. The summed E-state index contributed by atoms with van der Waals surface area (Å²) in [6.07, 6.45) is 0. The molecule has 0 aliphatic carbocycles. The van der Waals surface area contributed by atoms with Crippen molar-refractivity contribution in [3.05, 3.63) is 58.6 Å². The van der Waals surface area contributed by atoms with Crippen molar-refractivity contribution in [3.63, 3.8) is 0 Å². The third-order valence-electron chi connectivity index (χ3n) is 2.87. The summed E-state index contributed by atoms with van der Waals surface area (Å²) in [6.45, 7) is 1.92. The Morgan fingerprint density at radius 3 is 2.40 bits per heavy atom. The number of aryl methyl sites for hydroxylation is 1. The van der Waals surface area contributed by atoms with Crippen molar-refractivity contribution in [1.82, 2.24) is 4.72 Å². The summed E-state index contributed by atoms with van der Waals surface area (Å²) in [6, 6.07) is 11.7. The van der Waals surface area contributed by atoms with E-state index in [2.05, 4.69) is 4.72 Å². The van der Waals surface area contributed by atoms with Gasteiger partial charge in [-0.05, 0) is 48.4 Å². The minimum Gasteiger partial charge on any atom is -0.399 e. The zero-order valence-electron chi connectivity index (χ0n) is 10.9. The van der Waals surface area contributed by atoms with Crippen LogP contribution in [0.5, 0.6) is 0 Å². The predicted molar refractivity (Wildman–Crippen MR) is 81.1 cm³/mol. The van der Waals surface area contributed by atoms with E-state index in [1.165, 1.54) is 6.07 Å². The molecule has 0 aliphatic rings. The molecule has 0 saturated carbocycles. The minimum absolute atomic E-state index is 0.213. The Kier molecular flexibility index (Phi) is 4.32. The molecule has 0 amide bonds. The van der Waals surface area contributed by atoms with Crippen molar-refractivity contribution in [3.8, 4) is 0 Å². The smallest absolute Gasteiger partial charge is 0.241 e. The molecule has 3 N–H and O–H groups in total. The Morgan fingerprint density at radius 1 is 1.15 bits per heavy atom. The molecule has 0 fully saturated rings. The molecule has 106 valence electrons. The van der Waals surface area contributed by atoms with Crippen LogP contribution in [0.2, 0.25) is 5.02 Å². The molecular weight excluding hydrogens is 296 g/mol. The first-order valence-corrected chi connectivity index (χ1v) is 7.85. The molecule has 0 spiro atoms. The van der Waals surface area contributed by atoms with Crippen LogP contribution in [0.4, 0.5) is 5.69 Å². The standard InChI is InChI=1S/C14H15ClN2O2S/c1-10-8-12(15)4-7-14(10)20(18,19)17-9-11-2-5-13(16)6-3-11/h2-8,17H,9,16H2,1H3. The molecule has 6 heteroatoms. The highest BCUT2D eigenvalue weighted by atomic mass is 35.5. The second-order valence-corrected chi connectivity index (χ2v) is 6.65. The molecule has 0 heterocycles. The molecule has 0 aromatic heterocycles. The lowest BCUT2D eigenvalue weighted by atomic mass is 10.2. The fourth-order valence-corrected chi connectivity index (χ4v) is 3.27. The molecule has 0 saturated heterocycles. The highest BCUT2D eigenvalue weighted by Gasteiger charge is 2.16. The first-order chi connectivity index (χ1) is 9.38. The summed E-state index contributed by atoms with van der Waals surface area (Å²) in [7, 11) is -3.56. The third kappa shape index (κ3) is 3.50. The van der Waals surface area contributed by atoms with Crippen molar-refractivity contribution < 1.29 is 8.42 Å². The molecule has 0 aliphatic heterocycles. The quantitative estimate of drug-likeness (QED) is 0.853. The van der Waals surface area contributed by atoms with Crippen LogP contribution in [0, 0.1) is 6.92 Å². The maximum atomic E-state index is 12.2. The third-order valence-corrected chi connectivity index (χ3v) is 4.67. The Bertz CT molecular complexity index is 712. The van der Waals surface area contributed by atoms with Gasteiger partial charge in [-0.1, -0.05) is 23.7 Å². The molecule has 20 heavy (non-hydrogen) atoms. The molecule has 2 aromatic carbocycles. The van der Waals surface area contributed by atoms with Crippen molar-refractivity contribution in [2.45, 2.75) is 18.4 Å². The number of nitrogens with one attached hydrogen (secondary N) is 1. The first kappa shape index (κ1) is 14.8. The van der Waals surface area contributed by atoms with Gasteiger partial charge >= 0.3 is 0 Å². The van der Waals surface area contributed by atoms with Crippen LogP contribution in [-0.4, -0.2) is 8.42 Å². The van der Waals surface area contributed by atoms with E-state index < -0.39 is 10.0 Å². The molecule has 0 bridgehead atoms. The van der Waals surface area contributed by atoms with Gasteiger partial charge in [-0.3, -0.25) is 0 Å². The Labute approximate surface area is 123 Å². The Hall–Kier alpha value is -1.56. The first-order valence-electron chi connectivity index (χ1n) is 5.99. The number of nitrogen functional groups attached to an aromatic ring is 1. The topological polar surface area (TPSA) is 72.2 Å². The summed E-state index contributed by atoms with van der Waals surface area (Å²) >= 11 is 5.83. The van der Waals surface area contributed by atoms with Gasteiger partial charge in [0.1, 0.15) is 0 Å². The number of rotatable bonds is 4. The zero-order valence-corrected chi connectivity index (χ0v) is 12.5. The normalized spacial score (nSPS) is 11.5. The van der Waals surface area contributed by atoms with E-state index in [1.807, 2.05) is 0 Å². The average Bonchev–Trinajstić information content (AvgIpc) is 2.37. The van der Waals surface area contributed by atoms with Crippen LogP contribution in [0.15, 0.2) is 47.4 Å². The van der Waals surface area contributed by atoms with Crippen molar-refractivity contribution in [1.29, 1.82) is 0 Å². The maximum Gasteiger partial charge on any atom is 0.241 e. The summed E-state index contributed by atoms with van der Waals surface area (Å²) < 4.78 is 27.0. The van der Waals surface area contributed by atoms with Gasteiger partial charge < -0.3 is 5.73 Å². The SMILES string of the molecule is Cc1cc(Cl)ccc1S(=O)(=O)NCc1ccc(N)cc1. The largest absolute Gasteiger partial charge is 0.399 e. The number of anilines is 1. The minimum atomic E-state index is -3.56. The van der Waals surface area contributed by atoms with Gasteiger partial charge in [-0.2, -0.15) is 0 Å². The van der Waals surface area contributed by atoms with Gasteiger partial charge in [0.05, 0.1) is 4.90 Å². The summed E-state index contributed by atoms with van der Waals surface area (Å²) in [5.41, 5.74) is 7.68. The predicted octanol–water partition coefficient (Wildman–Crippen LogP) is 2.71. The lowest BCUT2D eigenvalue weighted by Gasteiger charge is -2.09. The zero-order chi connectivity index (χ0) is 14.8. The van der Waals surface area contributed by atoms with E-state index in [0.717, 1.165) is 5.56 Å². The highest BCUT2D eigenvalue weighted by molar-refractivity contribution is 7.89. The lowest BCUT2D eigenvalue weighted by Crippen LogP contribution is -2.24. The fraction of sp³-hybridized carbons (Fsp3) is 0.143. The molecule has 4 nitrogen and oxygen atoms in total. The summed E-state index contributed by atoms with van der Waals surface area (Å²) in [5.74, 6) is 0. The highest BCUT2D eigenvalue weighted by Crippen LogP contribution is 2.19. The monoisotopic (exact) mass is 310 g/mol. The van der Waals surface area contributed by atoms with Crippen molar-refractivity contribution >= 4 is 27.3 Å². The molecule has 2 rings (SSSR count). The molecular formula is C14H15ClN2O2S. The van der Waals surface area contributed by atoms with Crippen molar-refractivity contribution in [2.75, 3.05) is 5.73 Å². The van der Waals surface area contributed by atoms with E-state index >= 15 is 0 Å². The fourth-order valence-electron chi connectivity index (χ4n) is 1.81. The Balaban J connectivity index is 2.17. The average molecular weight is 311 g/mol. The lowest BCUT2D eigenvalue weighted by molar-refractivity contribution is 0.580. The van der Waals surface area contributed by atoms with E-state index in [-0.39, 0.29) is 11.4 Å². The van der Waals surface area contributed by atoms with E-state index in [4.69, 9.17) is 17.3 Å². The molecule has 0 unspecified atom stereocenters. The van der Waals surface area contributed by atoms with Crippen LogP contribution in [0.1, 0.15) is 11.1 Å². The van der Waals surface area contributed by atoms with Crippen LogP contribution < -0.4 is 10.5 Å². The second-order valence-electron chi connectivity index (χ2n) is 4.48. The number of sulfonamides is 1. The van der Waals surface area contributed by atoms with Crippen LogP contribution >= 0.6 is 11.6 Å². The van der Waals surface area contributed by atoms with Gasteiger partial charge in [-0.15, -0.1) is 0 Å². The van der Waals surface area contributed by atoms with Crippen LogP contribution in [0.3, 0.4) is 0 Å². The van der Waals surface area contributed by atoms with E-state index in [0.29, 0.717) is 16.3 Å². The van der Waals surface area contributed by atoms with Gasteiger partial charge in [0.25, 0.3) is 0 Å². The number of benzene rings is 2. The van der Waals surface area contributed by atoms with Crippen LogP contribution in [-0.2, 0) is 16.6 Å². The van der Waals surface area contributed by atoms with E-state index in [9.17, 15) is 8.42 Å². The van der Waals surface area contributed by atoms with Gasteiger partial charge in [0, 0.05) is 17.3 Å². The van der Waals surface area contributed by atoms with Crippen molar-refractivity contribution in [2.24, 2.45) is 0 Å². The van der Waals surface area contributed by atoms with Gasteiger partial charge in [-0.25, -0.2) is 13.1 Å². The van der Waals surface area contributed by atoms with Crippen LogP contribution in [0.25, 0.3) is 0 Å². The summed E-state index contributed by atoms with van der Waals surface area (Å²) in [5, 5.41) is 0.514. The van der Waals surface area contributed by atoms with Gasteiger partial charge in [0.15, 0.2) is 0 Å². The number of hydrogen-bond acceptors (Lipinski definition) is 3. The summed E-state index contributed by atoms with van der Waals surface area (Å²) in [4.78, 5) is 0.234.